The molecule has 1 saturated carbocycles. The molecule has 1 aliphatic carbocycles. The Morgan fingerprint density at radius 3 is 2.38 bits per heavy atom. The molecule has 0 aromatic rings. The van der Waals surface area contributed by atoms with Crippen LogP contribution in [0.4, 0.5) is 0 Å². The molecule has 96 valence electrons. The third-order valence-electron chi connectivity index (χ3n) is 3.39. The van der Waals surface area contributed by atoms with Gasteiger partial charge in [-0.05, 0) is 45.4 Å². The van der Waals surface area contributed by atoms with Crippen LogP contribution >= 0.6 is 0 Å². The van der Waals surface area contributed by atoms with Gasteiger partial charge in [-0.3, -0.25) is 0 Å². The molecule has 4 heteroatoms. The predicted octanol–water partition coefficient (Wildman–Crippen LogP) is 1.98. The van der Waals surface area contributed by atoms with E-state index in [1.165, 1.54) is 25.5 Å². The molecule has 0 amide bonds. The molecule has 0 saturated heterocycles. The first-order chi connectivity index (χ1) is 7.18. The summed E-state index contributed by atoms with van der Waals surface area (Å²) < 4.78 is 22.3. The highest BCUT2D eigenvalue weighted by Gasteiger charge is 2.27. The van der Waals surface area contributed by atoms with Gasteiger partial charge in [-0.1, -0.05) is 6.92 Å². The lowest BCUT2D eigenvalue weighted by Crippen LogP contribution is -2.46. The zero-order valence-electron chi connectivity index (χ0n) is 10.9. The second-order valence-corrected chi connectivity index (χ2v) is 8.28. The quantitative estimate of drug-likeness (QED) is 0.808. The molecule has 0 aromatic carbocycles. The molecule has 0 radical (unpaired) electrons. The van der Waals surface area contributed by atoms with Crippen molar-refractivity contribution in [1.29, 1.82) is 0 Å². The summed E-state index contributed by atoms with van der Waals surface area (Å²) in [7, 11) is -2.84. The van der Waals surface area contributed by atoms with Crippen LogP contribution in [-0.2, 0) is 9.84 Å². The predicted molar refractivity (Wildman–Crippen MR) is 68.3 cm³/mol. The van der Waals surface area contributed by atoms with Crippen molar-refractivity contribution in [3.63, 3.8) is 0 Å². The molecule has 3 nitrogen and oxygen atoms in total. The molecule has 2 atom stereocenters. The van der Waals surface area contributed by atoms with E-state index in [9.17, 15) is 8.42 Å². The van der Waals surface area contributed by atoms with Crippen molar-refractivity contribution >= 4 is 9.84 Å². The van der Waals surface area contributed by atoms with Gasteiger partial charge in [0.05, 0.1) is 5.75 Å². The Morgan fingerprint density at radius 1 is 1.31 bits per heavy atom. The van der Waals surface area contributed by atoms with Gasteiger partial charge in [0, 0.05) is 17.8 Å². The molecular formula is C12H25NO2S. The van der Waals surface area contributed by atoms with Crippen LogP contribution in [0, 0.1) is 5.92 Å². The topological polar surface area (TPSA) is 46.2 Å². The number of hydrogen-bond donors (Lipinski definition) is 1. The molecular weight excluding hydrogens is 222 g/mol. The summed E-state index contributed by atoms with van der Waals surface area (Å²) in [5, 5.41) is 3.59. The van der Waals surface area contributed by atoms with E-state index in [-0.39, 0.29) is 11.3 Å². The Kier molecular flexibility index (Phi) is 4.41. The van der Waals surface area contributed by atoms with Crippen molar-refractivity contribution in [2.75, 3.05) is 12.0 Å². The summed E-state index contributed by atoms with van der Waals surface area (Å²) in [5.41, 5.74) is -0.0716. The van der Waals surface area contributed by atoms with Crippen LogP contribution in [0.2, 0.25) is 0 Å². The van der Waals surface area contributed by atoms with Gasteiger partial charge in [0.2, 0.25) is 0 Å². The van der Waals surface area contributed by atoms with Gasteiger partial charge in [0.25, 0.3) is 0 Å². The molecule has 0 unspecified atom stereocenters. The number of hydrogen-bond acceptors (Lipinski definition) is 3. The van der Waals surface area contributed by atoms with Crippen LogP contribution in [0.3, 0.4) is 0 Å². The number of nitrogens with one attached hydrogen (secondary N) is 1. The molecule has 1 fully saturated rings. The van der Waals surface area contributed by atoms with E-state index in [0.29, 0.717) is 12.5 Å². The average Bonchev–Trinajstić information content (AvgIpc) is 2.46. The smallest absolute Gasteiger partial charge is 0.147 e. The second-order valence-electron chi connectivity index (χ2n) is 6.02. The van der Waals surface area contributed by atoms with E-state index in [4.69, 9.17) is 0 Å². The van der Waals surface area contributed by atoms with E-state index in [1.807, 2.05) is 0 Å². The molecule has 1 aliphatic rings. The summed E-state index contributed by atoms with van der Waals surface area (Å²) in [5.74, 6) is 1.08. The van der Waals surface area contributed by atoms with Crippen LogP contribution < -0.4 is 5.32 Å². The maximum absolute atomic E-state index is 11.1. The molecule has 1 rings (SSSR count). The van der Waals surface area contributed by atoms with E-state index in [2.05, 4.69) is 26.1 Å². The molecule has 0 aromatic heterocycles. The third-order valence-corrected chi connectivity index (χ3v) is 4.33. The fourth-order valence-electron chi connectivity index (χ4n) is 2.40. The van der Waals surface area contributed by atoms with Crippen LogP contribution in [0.25, 0.3) is 0 Å². The fraction of sp³-hybridized carbons (Fsp3) is 1.00. The first-order valence-corrected chi connectivity index (χ1v) is 8.19. The van der Waals surface area contributed by atoms with Gasteiger partial charge in [-0.15, -0.1) is 0 Å². The van der Waals surface area contributed by atoms with Crippen molar-refractivity contribution in [3.05, 3.63) is 0 Å². The highest BCUT2D eigenvalue weighted by atomic mass is 32.2. The van der Waals surface area contributed by atoms with Crippen LogP contribution in [0.5, 0.6) is 0 Å². The molecule has 0 aliphatic heterocycles. The van der Waals surface area contributed by atoms with Gasteiger partial charge in [0.15, 0.2) is 0 Å². The maximum atomic E-state index is 11.1. The van der Waals surface area contributed by atoms with Gasteiger partial charge in [-0.2, -0.15) is 0 Å². The maximum Gasteiger partial charge on any atom is 0.147 e. The Morgan fingerprint density at radius 2 is 1.94 bits per heavy atom. The minimum absolute atomic E-state index is 0.0716. The van der Waals surface area contributed by atoms with Crippen LogP contribution in [-0.4, -0.2) is 32.0 Å². The minimum atomic E-state index is -2.84. The van der Waals surface area contributed by atoms with Crippen molar-refractivity contribution in [1.82, 2.24) is 5.32 Å². The van der Waals surface area contributed by atoms with Crippen molar-refractivity contribution in [2.45, 2.75) is 58.0 Å². The summed E-state index contributed by atoms with van der Waals surface area (Å²) in [6, 6.07) is 0.574. The Hall–Kier alpha value is -0.0900. The highest BCUT2D eigenvalue weighted by Crippen LogP contribution is 2.26. The van der Waals surface area contributed by atoms with Gasteiger partial charge in [-0.25, -0.2) is 8.42 Å². The molecule has 0 spiro atoms. The largest absolute Gasteiger partial charge is 0.309 e. The van der Waals surface area contributed by atoms with E-state index in [0.717, 1.165) is 5.92 Å². The monoisotopic (exact) mass is 247 g/mol. The Balaban J connectivity index is 2.39. The minimum Gasteiger partial charge on any atom is -0.309 e. The van der Waals surface area contributed by atoms with Crippen LogP contribution in [0.1, 0.15) is 46.5 Å². The first kappa shape index (κ1) is 14.0. The third kappa shape index (κ3) is 5.30. The standard InChI is InChI=1S/C12H25NO2S/c1-10-5-6-11(9-10)13-12(2,3)7-8-16(4,14)15/h10-11,13H,5-9H2,1-4H3/t10-,11+/m1/s1. The normalized spacial score (nSPS) is 27.2. The molecule has 1 N–H and O–H groups in total. The highest BCUT2D eigenvalue weighted by molar-refractivity contribution is 7.90. The lowest BCUT2D eigenvalue weighted by molar-refractivity contribution is 0.322. The average molecular weight is 247 g/mol. The van der Waals surface area contributed by atoms with Crippen molar-refractivity contribution in [2.24, 2.45) is 5.92 Å². The zero-order chi connectivity index (χ0) is 12.4. The van der Waals surface area contributed by atoms with E-state index < -0.39 is 9.84 Å². The summed E-state index contributed by atoms with van der Waals surface area (Å²) >= 11 is 0. The molecule has 0 heterocycles. The van der Waals surface area contributed by atoms with E-state index >= 15 is 0 Å². The summed E-state index contributed by atoms with van der Waals surface area (Å²) in [6.07, 6.45) is 5.74. The first-order valence-electron chi connectivity index (χ1n) is 6.13. The van der Waals surface area contributed by atoms with Gasteiger partial charge in [0.1, 0.15) is 9.84 Å². The van der Waals surface area contributed by atoms with Gasteiger partial charge < -0.3 is 5.32 Å². The fourth-order valence-corrected chi connectivity index (χ4v) is 3.28. The number of rotatable bonds is 5. The van der Waals surface area contributed by atoms with Crippen LogP contribution in [0.15, 0.2) is 0 Å². The molecule has 16 heavy (non-hydrogen) atoms. The lowest BCUT2D eigenvalue weighted by atomic mass is 9.99. The van der Waals surface area contributed by atoms with E-state index in [1.54, 1.807) is 0 Å². The Labute approximate surface area is 99.9 Å². The van der Waals surface area contributed by atoms with Crippen molar-refractivity contribution < 1.29 is 8.42 Å². The van der Waals surface area contributed by atoms with Crippen molar-refractivity contribution in [3.8, 4) is 0 Å². The summed E-state index contributed by atoms with van der Waals surface area (Å²) in [6.45, 7) is 6.48. The number of sulfone groups is 1. The zero-order valence-corrected chi connectivity index (χ0v) is 11.7. The van der Waals surface area contributed by atoms with Gasteiger partial charge >= 0.3 is 0 Å². The summed E-state index contributed by atoms with van der Waals surface area (Å²) in [4.78, 5) is 0. The Bertz CT molecular complexity index is 322. The molecule has 0 bridgehead atoms. The lowest BCUT2D eigenvalue weighted by Gasteiger charge is -2.30. The SMILES string of the molecule is C[C@@H]1CC[C@H](NC(C)(C)CCS(C)(=O)=O)C1. The second kappa shape index (κ2) is 5.05.